The third kappa shape index (κ3) is 3.66. The van der Waals surface area contributed by atoms with Crippen LogP contribution in [0.4, 0.5) is 0 Å². The van der Waals surface area contributed by atoms with E-state index < -0.39 is 5.97 Å². The number of hydrogen-bond donors (Lipinski definition) is 1. The molecular formula is C12H14N2O4S. The van der Waals surface area contributed by atoms with E-state index in [4.69, 9.17) is 5.11 Å². The Hall–Kier alpha value is -1.63. The predicted octanol–water partition coefficient (Wildman–Crippen LogP) is 1.61. The molecule has 0 amide bonds. The molecule has 0 aromatic carbocycles. The van der Waals surface area contributed by atoms with Crippen molar-refractivity contribution >= 4 is 23.7 Å². The highest BCUT2D eigenvalue weighted by Crippen LogP contribution is 2.51. The Morgan fingerprint density at radius 2 is 2.16 bits per heavy atom. The second-order valence-corrected chi connectivity index (χ2v) is 5.58. The number of carboxylic acid groups (broad SMARTS) is 1. The number of carbonyl (C=O) groups is 2. The van der Waals surface area contributed by atoms with Gasteiger partial charge in [-0.05, 0) is 18.3 Å². The predicted molar refractivity (Wildman–Crippen MR) is 68.0 cm³/mol. The van der Waals surface area contributed by atoms with Crippen molar-refractivity contribution in [3.63, 3.8) is 0 Å². The van der Waals surface area contributed by atoms with Crippen LogP contribution in [0.25, 0.3) is 0 Å². The van der Waals surface area contributed by atoms with E-state index >= 15 is 0 Å². The highest BCUT2D eigenvalue weighted by Gasteiger charge is 2.44. The average Bonchev–Trinajstić information content (AvgIpc) is 3.17. The third-order valence-electron chi connectivity index (χ3n) is 3.08. The minimum Gasteiger partial charge on any atom is -0.476 e. The second kappa shape index (κ2) is 5.56. The number of aromatic carboxylic acids is 1. The first-order valence-electron chi connectivity index (χ1n) is 5.80. The van der Waals surface area contributed by atoms with E-state index in [0.29, 0.717) is 11.4 Å². The third-order valence-corrected chi connectivity index (χ3v) is 4.34. The normalized spacial score (nSPS) is 15.8. The molecule has 0 atom stereocenters. The van der Waals surface area contributed by atoms with Crippen molar-refractivity contribution in [1.29, 1.82) is 0 Å². The van der Waals surface area contributed by atoms with Crippen LogP contribution in [0, 0.1) is 5.41 Å². The summed E-state index contributed by atoms with van der Waals surface area (Å²) in [5.41, 5.74) is -0.0506. The maximum Gasteiger partial charge on any atom is 0.356 e. The SMILES string of the molecule is COC(=O)CC1(CSc2cnc(C(=O)O)cn2)CC1. The molecule has 0 aliphatic heterocycles. The molecule has 1 aliphatic carbocycles. The summed E-state index contributed by atoms with van der Waals surface area (Å²) in [4.78, 5) is 29.7. The van der Waals surface area contributed by atoms with Gasteiger partial charge in [0.25, 0.3) is 0 Å². The van der Waals surface area contributed by atoms with Gasteiger partial charge >= 0.3 is 11.9 Å². The van der Waals surface area contributed by atoms with Crippen LogP contribution >= 0.6 is 11.8 Å². The summed E-state index contributed by atoms with van der Waals surface area (Å²) in [6.07, 6.45) is 5.13. The van der Waals surface area contributed by atoms with Crippen LogP contribution < -0.4 is 0 Å². The van der Waals surface area contributed by atoms with Crippen LogP contribution in [-0.4, -0.2) is 39.9 Å². The van der Waals surface area contributed by atoms with E-state index in [-0.39, 0.29) is 17.1 Å². The zero-order chi connectivity index (χ0) is 13.9. The number of carbonyl (C=O) groups excluding carboxylic acids is 1. The summed E-state index contributed by atoms with van der Waals surface area (Å²) in [5, 5.41) is 9.38. The first kappa shape index (κ1) is 13.8. The van der Waals surface area contributed by atoms with Crippen molar-refractivity contribution in [2.75, 3.05) is 12.9 Å². The molecule has 102 valence electrons. The number of nitrogens with zero attached hydrogens (tertiary/aromatic N) is 2. The van der Waals surface area contributed by atoms with Crippen molar-refractivity contribution in [2.45, 2.75) is 24.3 Å². The van der Waals surface area contributed by atoms with Gasteiger partial charge in [0.2, 0.25) is 0 Å². The first-order chi connectivity index (χ1) is 9.04. The lowest BCUT2D eigenvalue weighted by Crippen LogP contribution is -2.13. The van der Waals surface area contributed by atoms with Crippen molar-refractivity contribution in [3.05, 3.63) is 18.1 Å². The van der Waals surface area contributed by atoms with Crippen LogP contribution in [0.5, 0.6) is 0 Å². The van der Waals surface area contributed by atoms with Crippen LogP contribution in [0.2, 0.25) is 0 Å². The molecule has 1 fully saturated rings. The molecule has 1 aromatic rings. The van der Waals surface area contributed by atoms with Crippen LogP contribution in [0.3, 0.4) is 0 Å². The molecule has 1 aromatic heterocycles. The summed E-state index contributed by atoms with van der Waals surface area (Å²) in [5.74, 6) is -0.512. The van der Waals surface area contributed by atoms with Gasteiger partial charge in [-0.2, -0.15) is 0 Å². The van der Waals surface area contributed by atoms with E-state index in [1.54, 1.807) is 0 Å². The molecule has 6 nitrogen and oxygen atoms in total. The van der Waals surface area contributed by atoms with E-state index in [9.17, 15) is 9.59 Å². The summed E-state index contributed by atoms with van der Waals surface area (Å²) in [6, 6.07) is 0. The Morgan fingerprint density at radius 1 is 1.42 bits per heavy atom. The number of aromatic nitrogens is 2. The molecule has 7 heteroatoms. The van der Waals surface area contributed by atoms with Gasteiger partial charge in [-0.3, -0.25) is 4.79 Å². The molecule has 0 unspecified atom stereocenters. The Bertz CT molecular complexity index is 485. The number of thioether (sulfide) groups is 1. The Labute approximate surface area is 114 Å². The fourth-order valence-corrected chi connectivity index (χ4v) is 2.75. The van der Waals surface area contributed by atoms with Crippen LogP contribution in [-0.2, 0) is 9.53 Å². The van der Waals surface area contributed by atoms with Crippen molar-refractivity contribution < 1.29 is 19.4 Å². The monoisotopic (exact) mass is 282 g/mol. The zero-order valence-corrected chi connectivity index (χ0v) is 11.3. The lowest BCUT2D eigenvalue weighted by molar-refractivity contribution is -0.141. The highest BCUT2D eigenvalue weighted by molar-refractivity contribution is 7.99. The molecule has 0 radical (unpaired) electrons. The minimum atomic E-state index is -1.09. The summed E-state index contributed by atoms with van der Waals surface area (Å²) < 4.78 is 4.68. The average molecular weight is 282 g/mol. The Kier molecular flexibility index (Phi) is 4.04. The molecule has 0 spiro atoms. The van der Waals surface area contributed by atoms with E-state index in [0.717, 1.165) is 18.6 Å². The van der Waals surface area contributed by atoms with Gasteiger partial charge in [-0.1, -0.05) is 0 Å². The zero-order valence-electron chi connectivity index (χ0n) is 10.5. The molecule has 19 heavy (non-hydrogen) atoms. The van der Waals surface area contributed by atoms with E-state index in [1.165, 1.54) is 31.3 Å². The van der Waals surface area contributed by atoms with Crippen molar-refractivity contribution in [2.24, 2.45) is 5.41 Å². The quantitative estimate of drug-likeness (QED) is 0.626. The molecule has 0 saturated heterocycles. The lowest BCUT2D eigenvalue weighted by Gasteiger charge is -2.12. The van der Waals surface area contributed by atoms with Gasteiger partial charge in [-0.15, -0.1) is 11.8 Å². The van der Waals surface area contributed by atoms with Gasteiger partial charge in [0, 0.05) is 5.75 Å². The molecule has 1 N–H and O–H groups in total. The first-order valence-corrected chi connectivity index (χ1v) is 6.78. The molecule has 1 heterocycles. The van der Waals surface area contributed by atoms with Gasteiger partial charge in [0.1, 0.15) is 5.03 Å². The van der Waals surface area contributed by atoms with E-state index in [1.807, 2.05) is 0 Å². The highest BCUT2D eigenvalue weighted by atomic mass is 32.2. The summed E-state index contributed by atoms with van der Waals surface area (Å²) in [7, 11) is 1.39. The van der Waals surface area contributed by atoms with Gasteiger partial charge in [0.05, 0.1) is 25.9 Å². The van der Waals surface area contributed by atoms with Gasteiger partial charge in [0.15, 0.2) is 5.69 Å². The molecule has 2 rings (SSSR count). The van der Waals surface area contributed by atoms with Crippen LogP contribution in [0.15, 0.2) is 17.4 Å². The number of carboxylic acids is 1. The number of esters is 1. The maximum absolute atomic E-state index is 11.3. The number of rotatable bonds is 6. The molecule has 1 saturated carbocycles. The smallest absolute Gasteiger partial charge is 0.356 e. The maximum atomic E-state index is 11.3. The number of hydrogen-bond acceptors (Lipinski definition) is 6. The Balaban J connectivity index is 1.88. The fraction of sp³-hybridized carbons (Fsp3) is 0.500. The second-order valence-electron chi connectivity index (χ2n) is 4.59. The molecule has 1 aliphatic rings. The number of methoxy groups -OCH3 is 1. The topological polar surface area (TPSA) is 89.4 Å². The summed E-state index contributed by atoms with van der Waals surface area (Å²) >= 11 is 1.49. The fourth-order valence-electron chi connectivity index (χ4n) is 1.66. The van der Waals surface area contributed by atoms with Crippen LogP contribution in [0.1, 0.15) is 29.8 Å². The Morgan fingerprint density at radius 3 is 2.63 bits per heavy atom. The molecular weight excluding hydrogens is 268 g/mol. The number of ether oxygens (including phenoxy) is 1. The standard InChI is InChI=1S/C12H14N2O4S/c1-18-10(15)4-12(2-3-12)7-19-9-6-13-8(5-14-9)11(16)17/h5-6H,2-4,7H2,1H3,(H,16,17). The largest absolute Gasteiger partial charge is 0.476 e. The van der Waals surface area contributed by atoms with Gasteiger partial charge < -0.3 is 9.84 Å². The lowest BCUT2D eigenvalue weighted by atomic mass is 10.1. The molecule has 0 bridgehead atoms. The van der Waals surface area contributed by atoms with Gasteiger partial charge in [-0.25, -0.2) is 14.8 Å². The summed E-state index contributed by atoms with van der Waals surface area (Å²) in [6.45, 7) is 0. The van der Waals surface area contributed by atoms with E-state index in [2.05, 4.69) is 14.7 Å². The van der Waals surface area contributed by atoms with Crippen molar-refractivity contribution in [3.8, 4) is 0 Å². The van der Waals surface area contributed by atoms with Crippen molar-refractivity contribution in [1.82, 2.24) is 9.97 Å². The minimum absolute atomic E-state index is 0.0188.